The van der Waals surface area contributed by atoms with Crippen molar-refractivity contribution in [2.45, 2.75) is 32.6 Å². The molecule has 0 N–H and O–H groups in total. The summed E-state index contributed by atoms with van der Waals surface area (Å²) in [5, 5.41) is 0. The lowest BCUT2D eigenvalue weighted by molar-refractivity contribution is 0.324. The molecule has 0 bridgehead atoms. The van der Waals surface area contributed by atoms with Crippen LogP contribution in [0.2, 0.25) is 0 Å². The molecule has 15 heavy (non-hydrogen) atoms. The van der Waals surface area contributed by atoms with Crippen LogP contribution in [0.5, 0.6) is 0 Å². The molecule has 0 aliphatic carbocycles. The van der Waals surface area contributed by atoms with Crippen LogP contribution in [0.25, 0.3) is 0 Å². The van der Waals surface area contributed by atoms with Crippen molar-refractivity contribution >= 4 is 0 Å². The molecule has 0 unspecified atom stereocenters. The zero-order valence-corrected chi connectivity index (χ0v) is 10.3. The molecule has 0 aromatic carbocycles. The maximum Gasteiger partial charge on any atom is -0.00186 e. The van der Waals surface area contributed by atoms with Gasteiger partial charge in [-0.15, -0.1) is 0 Å². The van der Waals surface area contributed by atoms with Gasteiger partial charge in [0.1, 0.15) is 0 Å². The van der Waals surface area contributed by atoms with E-state index in [4.69, 9.17) is 0 Å². The summed E-state index contributed by atoms with van der Waals surface area (Å²) < 4.78 is 0. The number of allylic oxidation sites excluding steroid dienone is 4. The smallest absolute Gasteiger partial charge is 0.00186 e. The molecular formula is C14H25N. The van der Waals surface area contributed by atoms with Crippen LogP contribution in [0, 0.1) is 0 Å². The van der Waals surface area contributed by atoms with Gasteiger partial charge >= 0.3 is 0 Å². The van der Waals surface area contributed by atoms with Crippen molar-refractivity contribution in [3.63, 3.8) is 0 Å². The van der Waals surface area contributed by atoms with Crippen molar-refractivity contribution in [1.82, 2.24) is 4.90 Å². The molecular weight excluding hydrogens is 182 g/mol. The normalized spacial score (nSPS) is 11.8. The highest BCUT2D eigenvalue weighted by Crippen LogP contribution is 2.07. The Morgan fingerprint density at radius 3 is 2.40 bits per heavy atom. The van der Waals surface area contributed by atoms with Gasteiger partial charge in [0.15, 0.2) is 0 Å². The third kappa shape index (κ3) is 8.19. The molecule has 0 aliphatic rings. The maximum atomic E-state index is 3.80. The highest BCUT2D eigenvalue weighted by Gasteiger charge is 1.97. The number of hydrogen-bond acceptors (Lipinski definition) is 1. The predicted molar refractivity (Wildman–Crippen MR) is 70.1 cm³/mol. The lowest BCUT2D eigenvalue weighted by atomic mass is 10.1. The minimum Gasteiger partial charge on any atom is -0.306 e. The van der Waals surface area contributed by atoms with Gasteiger partial charge in [-0.2, -0.15) is 0 Å². The van der Waals surface area contributed by atoms with Crippen LogP contribution < -0.4 is 0 Å². The van der Waals surface area contributed by atoms with Gasteiger partial charge in [0.2, 0.25) is 0 Å². The van der Waals surface area contributed by atoms with Gasteiger partial charge in [0, 0.05) is 0 Å². The van der Waals surface area contributed by atoms with E-state index in [0.717, 1.165) is 6.42 Å². The maximum absolute atomic E-state index is 3.80. The predicted octanol–water partition coefficient (Wildman–Crippen LogP) is 3.80. The number of hydrogen-bond donors (Lipinski definition) is 0. The van der Waals surface area contributed by atoms with Crippen LogP contribution in [0.1, 0.15) is 32.6 Å². The summed E-state index contributed by atoms with van der Waals surface area (Å²) in [5.74, 6) is 0. The van der Waals surface area contributed by atoms with Crippen molar-refractivity contribution in [2.75, 3.05) is 20.1 Å². The summed E-state index contributed by atoms with van der Waals surface area (Å²) in [4.78, 5) is 2.40. The van der Waals surface area contributed by atoms with E-state index in [1.165, 1.54) is 37.9 Å². The van der Waals surface area contributed by atoms with Crippen LogP contribution in [0.4, 0.5) is 0 Å². The summed E-state index contributed by atoms with van der Waals surface area (Å²) in [6.07, 6.45) is 10.7. The molecule has 0 rings (SSSR count). The average molecular weight is 207 g/mol. The summed E-state index contributed by atoms with van der Waals surface area (Å²) in [7, 11) is 2.19. The van der Waals surface area contributed by atoms with E-state index < -0.39 is 0 Å². The Hall–Kier alpha value is -0.820. The molecule has 0 aromatic heterocycles. The Labute approximate surface area is 95.2 Å². The van der Waals surface area contributed by atoms with Crippen LogP contribution in [-0.2, 0) is 0 Å². The van der Waals surface area contributed by atoms with Crippen molar-refractivity contribution < 1.29 is 0 Å². The van der Waals surface area contributed by atoms with E-state index in [1.54, 1.807) is 0 Å². The van der Waals surface area contributed by atoms with E-state index in [9.17, 15) is 0 Å². The zero-order chi connectivity index (χ0) is 11.5. The quantitative estimate of drug-likeness (QED) is 0.520. The first-order valence-electron chi connectivity index (χ1n) is 5.87. The fourth-order valence-corrected chi connectivity index (χ4v) is 1.50. The van der Waals surface area contributed by atoms with Gasteiger partial charge in [-0.3, -0.25) is 0 Å². The van der Waals surface area contributed by atoms with E-state index in [0.29, 0.717) is 0 Å². The highest BCUT2D eigenvalue weighted by molar-refractivity contribution is 5.20. The summed E-state index contributed by atoms with van der Waals surface area (Å²) in [5.41, 5.74) is 1.29. The Balaban J connectivity index is 3.63. The van der Waals surface area contributed by atoms with Crippen molar-refractivity contribution in [3.05, 3.63) is 37.0 Å². The van der Waals surface area contributed by atoms with Crippen molar-refractivity contribution in [1.29, 1.82) is 0 Å². The summed E-state index contributed by atoms with van der Waals surface area (Å²) >= 11 is 0. The summed E-state index contributed by atoms with van der Waals surface area (Å²) in [6.45, 7) is 12.1. The first-order chi connectivity index (χ1) is 7.24. The first-order valence-corrected chi connectivity index (χ1v) is 5.87. The molecule has 0 radical (unpaired) electrons. The molecule has 1 heteroatoms. The second-order valence-corrected chi connectivity index (χ2v) is 3.94. The Kier molecular flexibility index (Phi) is 9.19. The third-order valence-corrected chi connectivity index (χ3v) is 2.49. The number of unbranched alkanes of at least 4 members (excludes halogenated alkanes) is 1. The first kappa shape index (κ1) is 14.2. The third-order valence-electron chi connectivity index (χ3n) is 2.49. The van der Waals surface area contributed by atoms with E-state index in [1.807, 2.05) is 18.2 Å². The van der Waals surface area contributed by atoms with Crippen molar-refractivity contribution in [2.24, 2.45) is 0 Å². The fraction of sp³-hybridized carbons (Fsp3) is 0.571. The minimum atomic E-state index is 1.10. The van der Waals surface area contributed by atoms with E-state index >= 15 is 0 Å². The molecule has 0 amide bonds. The molecule has 0 fully saturated rings. The van der Waals surface area contributed by atoms with Crippen LogP contribution >= 0.6 is 0 Å². The van der Waals surface area contributed by atoms with Gasteiger partial charge in [0.05, 0.1) is 0 Å². The number of rotatable bonds is 9. The zero-order valence-electron chi connectivity index (χ0n) is 10.3. The van der Waals surface area contributed by atoms with Gasteiger partial charge in [-0.25, -0.2) is 0 Å². The molecule has 0 aromatic rings. The van der Waals surface area contributed by atoms with Gasteiger partial charge < -0.3 is 4.90 Å². The Morgan fingerprint density at radius 2 is 1.87 bits per heavy atom. The lowest BCUT2D eigenvalue weighted by Crippen LogP contribution is -2.20. The van der Waals surface area contributed by atoms with Crippen LogP contribution in [0.3, 0.4) is 0 Å². The van der Waals surface area contributed by atoms with Gasteiger partial charge in [-0.05, 0) is 45.0 Å². The van der Waals surface area contributed by atoms with E-state index in [-0.39, 0.29) is 0 Å². The number of nitrogens with zero attached hydrogens (tertiary/aromatic N) is 1. The van der Waals surface area contributed by atoms with Crippen LogP contribution in [0.15, 0.2) is 37.0 Å². The Morgan fingerprint density at radius 1 is 1.20 bits per heavy atom. The summed E-state index contributed by atoms with van der Waals surface area (Å²) in [6, 6.07) is 0. The SMILES string of the molecule is C=C/C=C(\C=C)CCCN(C)CCCC. The molecule has 0 spiro atoms. The molecule has 86 valence electrons. The second kappa shape index (κ2) is 9.72. The minimum absolute atomic E-state index is 1.10. The largest absolute Gasteiger partial charge is 0.306 e. The highest BCUT2D eigenvalue weighted by atomic mass is 15.1. The molecule has 0 saturated heterocycles. The molecule has 0 heterocycles. The second-order valence-electron chi connectivity index (χ2n) is 3.94. The van der Waals surface area contributed by atoms with Gasteiger partial charge in [-0.1, -0.05) is 44.7 Å². The molecule has 0 aliphatic heterocycles. The van der Waals surface area contributed by atoms with Gasteiger partial charge in [0.25, 0.3) is 0 Å². The van der Waals surface area contributed by atoms with Crippen molar-refractivity contribution in [3.8, 4) is 0 Å². The molecule has 0 saturated carbocycles. The van der Waals surface area contributed by atoms with E-state index in [2.05, 4.69) is 32.0 Å². The molecule has 1 nitrogen and oxygen atoms in total. The standard InChI is InChI=1S/C14H25N/c1-5-8-12-15(4)13-9-11-14(7-3)10-6-2/h6-7,10H,2-3,5,8-9,11-13H2,1,4H3/b14-10+. The Bertz CT molecular complexity index is 203. The average Bonchev–Trinajstić information content (AvgIpc) is 2.25. The lowest BCUT2D eigenvalue weighted by Gasteiger charge is -2.15. The van der Waals surface area contributed by atoms with Crippen LogP contribution in [-0.4, -0.2) is 25.0 Å². The fourth-order valence-electron chi connectivity index (χ4n) is 1.50. The monoisotopic (exact) mass is 207 g/mol. The molecule has 0 atom stereocenters. The topological polar surface area (TPSA) is 3.24 Å².